The summed E-state index contributed by atoms with van der Waals surface area (Å²) < 4.78 is 28.2. The van der Waals surface area contributed by atoms with Gasteiger partial charge >= 0.3 is 0 Å². The van der Waals surface area contributed by atoms with Crippen molar-refractivity contribution in [3.8, 4) is 5.75 Å². The number of aromatic nitrogens is 2. The van der Waals surface area contributed by atoms with E-state index in [2.05, 4.69) is 14.9 Å². The number of halogens is 2. The zero-order valence-corrected chi connectivity index (χ0v) is 6.98. The van der Waals surface area contributed by atoms with Crippen molar-refractivity contribution in [3.05, 3.63) is 18.0 Å². The molecule has 0 bridgehead atoms. The van der Waals surface area contributed by atoms with Crippen LogP contribution in [0, 0.1) is 0 Å². The first-order chi connectivity index (χ1) is 6.61. The second kappa shape index (κ2) is 4.45. The highest BCUT2D eigenvalue weighted by Crippen LogP contribution is 2.14. The van der Waals surface area contributed by atoms with Crippen LogP contribution in [0.2, 0.25) is 0 Å². The van der Waals surface area contributed by atoms with Gasteiger partial charge in [-0.2, -0.15) is 5.10 Å². The molecule has 0 fully saturated rings. The largest absolute Gasteiger partial charge is 0.485 e. The molecule has 76 valence electrons. The maximum Gasteiger partial charge on any atom is 0.273 e. The smallest absolute Gasteiger partial charge is 0.273 e. The summed E-state index contributed by atoms with van der Waals surface area (Å²) >= 11 is 0. The lowest BCUT2D eigenvalue weighted by Crippen LogP contribution is -2.17. The van der Waals surface area contributed by atoms with Crippen LogP contribution in [0.4, 0.5) is 8.78 Å². The number of ether oxygens (including phenoxy) is 1. The van der Waals surface area contributed by atoms with E-state index in [0.717, 1.165) is 0 Å². The van der Waals surface area contributed by atoms with Crippen LogP contribution in [-0.4, -0.2) is 29.1 Å². The predicted molar refractivity (Wildman–Crippen MR) is 42.0 cm³/mol. The molecule has 0 unspecified atom stereocenters. The van der Waals surface area contributed by atoms with Crippen molar-refractivity contribution in [2.24, 2.45) is 5.73 Å². The number of hydrogen-bond donors (Lipinski definition) is 1. The van der Waals surface area contributed by atoms with E-state index < -0.39 is 18.9 Å². The van der Waals surface area contributed by atoms with Crippen molar-refractivity contribution in [3.63, 3.8) is 0 Å². The minimum atomic E-state index is -2.62. The highest BCUT2D eigenvalue weighted by Gasteiger charge is 2.12. The molecule has 1 rings (SSSR count). The quantitative estimate of drug-likeness (QED) is 0.759. The maximum absolute atomic E-state index is 11.8. The van der Waals surface area contributed by atoms with Gasteiger partial charge in [-0.15, -0.1) is 5.10 Å². The Kier molecular flexibility index (Phi) is 3.27. The fourth-order valence-corrected chi connectivity index (χ4v) is 0.760. The van der Waals surface area contributed by atoms with E-state index in [1.54, 1.807) is 0 Å². The van der Waals surface area contributed by atoms with Crippen LogP contribution in [0.3, 0.4) is 0 Å². The van der Waals surface area contributed by atoms with Gasteiger partial charge in [0.05, 0.1) is 6.20 Å². The zero-order valence-electron chi connectivity index (χ0n) is 6.98. The van der Waals surface area contributed by atoms with Gasteiger partial charge in [-0.05, 0) is 0 Å². The highest BCUT2D eigenvalue weighted by atomic mass is 19.3. The number of alkyl halides is 2. The molecule has 1 heterocycles. The van der Waals surface area contributed by atoms with Gasteiger partial charge in [0.15, 0.2) is 11.4 Å². The molecular formula is C7H7F2N3O2. The Morgan fingerprint density at radius 1 is 1.64 bits per heavy atom. The number of carbonyl (C=O) groups excluding carboxylic acids is 1. The van der Waals surface area contributed by atoms with Crippen LogP contribution in [0.15, 0.2) is 12.3 Å². The van der Waals surface area contributed by atoms with Crippen LogP contribution >= 0.6 is 0 Å². The molecule has 0 aliphatic heterocycles. The van der Waals surface area contributed by atoms with Crippen LogP contribution in [0.5, 0.6) is 5.75 Å². The Bertz CT molecular complexity index is 332. The normalized spacial score (nSPS) is 10.2. The molecule has 0 atom stereocenters. The van der Waals surface area contributed by atoms with Crippen molar-refractivity contribution < 1.29 is 18.3 Å². The molecule has 0 spiro atoms. The van der Waals surface area contributed by atoms with Gasteiger partial charge in [-0.25, -0.2) is 8.78 Å². The van der Waals surface area contributed by atoms with E-state index in [-0.39, 0.29) is 11.4 Å². The number of nitrogens with zero attached hydrogens (tertiary/aromatic N) is 2. The second-order valence-corrected chi connectivity index (χ2v) is 2.31. The van der Waals surface area contributed by atoms with Gasteiger partial charge in [0, 0.05) is 6.07 Å². The molecule has 14 heavy (non-hydrogen) atoms. The number of hydrogen-bond acceptors (Lipinski definition) is 4. The van der Waals surface area contributed by atoms with E-state index in [9.17, 15) is 13.6 Å². The van der Waals surface area contributed by atoms with Crippen molar-refractivity contribution in [2.45, 2.75) is 6.43 Å². The summed E-state index contributed by atoms with van der Waals surface area (Å²) in [4.78, 5) is 10.7. The Balaban J connectivity index is 2.79. The monoisotopic (exact) mass is 203 g/mol. The molecule has 1 amide bonds. The number of rotatable bonds is 4. The summed E-state index contributed by atoms with van der Waals surface area (Å²) in [6.07, 6.45) is -1.41. The number of primary amides is 1. The average Bonchev–Trinajstić information content (AvgIpc) is 2.15. The minimum Gasteiger partial charge on any atom is -0.485 e. The van der Waals surface area contributed by atoms with Crippen molar-refractivity contribution in [1.29, 1.82) is 0 Å². The van der Waals surface area contributed by atoms with Crippen molar-refractivity contribution in [1.82, 2.24) is 10.2 Å². The zero-order chi connectivity index (χ0) is 10.6. The second-order valence-electron chi connectivity index (χ2n) is 2.31. The third-order valence-electron chi connectivity index (χ3n) is 1.28. The number of nitrogens with two attached hydrogens (primary N) is 1. The maximum atomic E-state index is 11.8. The number of amides is 1. The third kappa shape index (κ3) is 2.61. The van der Waals surface area contributed by atoms with E-state index in [0.29, 0.717) is 0 Å². The van der Waals surface area contributed by atoms with E-state index in [4.69, 9.17) is 5.73 Å². The lowest BCUT2D eigenvalue weighted by molar-refractivity contribution is 0.0796. The summed E-state index contributed by atoms with van der Waals surface area (Å²) in [6.45, 7) is -0.814. The SMILES string of the molecule is NC(=O)c1nnccc1OCC(F)F. The summed E-state index contributed by atoms with van der Waals surface area (Å²) in [6, 6.07) is 1.25. The van der Waals surface area contributed by atoms with Crippen molar-refractivity contribution in [2.75, 3.05) is 6.61 Å². The fraction of sp³-hybridized carbons (Fsp3) is 0.286. The Morgan fingerprint density at radius 3 is 2.93 bits per heavy atom. The van der Waals surface area contributed by atoms with Gasteiger partial charge < -0.3 is 10.5 Å². The molecule has 1 aromatic rings. The molecule has 0 aliphatic rings. The van der Waals surface area contributed by atoms with E-state index in [1.165, 1.54) is 12.3 Å². The van der Waals surface area contributed by atoms with Crippen LogP contribution < -0.4 is 10.5 Å². The van der Waals surface area contributed by atoms with Gasteiger partial charge in [-0.1, -0.05) is 0 Å². The van der Waals surface area contributed by atoms with Crippen LogP contribution in [-0.2, 0) is 0 Å². The lowest BCUT2D eigenvalue weighted by Gasteiger charge is -2.06. The standard InChI is InChI=1S/C7H7F2N3O2/c8-5(9)3-14-4-1-2-11-12-6(4)7(10)13/h1-2,5H,3H2,(H2,10,13). The number of carbonyl (C=O) groups is 1. The summed E-state index contributed by atoms with van der Waals surface area (Å²) in [5, 5.41) is 6.74. The topological polar surface area (TPSA) is 78.1 Å². The minimum absolute atomic E-state index is 0.0900. The molecule has 0 aromatic carbocycles. The third-order valence-corrected chi connectivity index (χ3v) is 1.28. The van der Waals surface area contributed by atoms with E-state index in [1.807, 2.05) is 0 Å². The molecule has 5 nitrogen and oxygen atoms in total. The Labute approximate surface area is 77.9 Å². The molecule has 0 saturated carbocycles. The molecule has 2 N–H and O–H groups in total. The van der Waals surface area contributed by atoms with Crippen LogP contribution in [0.1, 0.15) is 10.5 Å². The molecule has 0 saturated heterocycles. The van der Waals surface area contributed by atoms with Gasteiger partial charge in [-0.3, -0.25) is 4.79 Å². The molecule has 0 aliphatic carbocycles. The predicted octanol–water partition coefficient (Wildman–Crippen LogP) is 0.219. The molecule has 0 radical (unpaired) electrons. The van der Waals surface area contributed by atoms with E-state index >= 15 is 0 Å². The van der Waals surface area contributed by atoms with Crippen molar-refractivity contribution >= 4 is 5.91 Å². The van der Waals surface area contributed by atoms with Gasteiger partial charge in [0.2, 0.25) is 0 Å². The first-order valence-corrected chi connectivity index (χ1v) is 3.63. The summed E-state index contributed by atoms with van der Waals surface area (Å²) in [5.74, 6) is -0.963. The van der Waals surface area contributed by atoms with Crippen LogP contribution in [0.25, 0.3) is 0 Å². The van der Waals surface area contributed by atoms with Gasteiger partial charge in [0.1, 0.15) is 6.61 Å². The Morgan fingerprint density at radius 2 is 2.36 bits per heavy atom. The molecule has 7 heteroatoms. The van der Waals surface area contributed by atoms with Gasteiger partial charge in [0.25, 0.3) is 12.3 Å². The molecule has 1 aromatic heterocycles. The average molecular weight is 203 g/mol. The fourth-order valence-electron chi connectivity index (χ4n) is 0.760. The molecular weight excluding hydrogens is 196 g/mol. The summed E-state index contributed by atoms with van der Waals surface area (Å²) in [7, 11) is 0. The highest BCUT2D eigenvalue weighted by molar-refractivity contribution is 5.93. The lowest BCUT2D eigenvalue weighted by atomic mass is 10.3. The first-order valence-electron chi connectivity index (χ1n) is 3.63. The Hall–Kier alpha value is -1.79. The first kappa shape index (κ1) is 10.3. The summed E-state index contributed by atoms with van der Waals surface area (Å²) in [5.41, 5.74) is 4.66.